The quantitative estimate of drug-likeness (QED) is 0.0553. The van der Waals surface area contributed by atoms with Gasteiger partial charge in [0.25, 0.3) is 5.69 Å². The van der Waals surface area contributed by atoms with Crippen molar-refractivity contribution in [3.63, 3.8) is 0 Å². The number of Topliss-reactive ketones (excluding diaryl/α,β-unsaturated/α-hetero) is 1. The van der Waals surface area contributed by atoms with E-state index in [-0.39, 0.29) is 62.0 Å². The number of nitrogens with zero attached hydrogens (tertiary/aromatic N) is 3. The molecule has 6 unspecified atom stereocenters. The molecule has 2 aliphatic carbocycles. The van der Waals surface area contributed by atoms with Gasteiger partial charge >= 0.3 is 5.97 Å². The Morgan fingerprint density at radius 1 is 0.911 bits per heavy atom. The highest BCUT2D eigenvalue weighted by atomic mass is 79.9. The topological polar surface area (TPSA) is 137 Å². The van der Waals surface area contributed by atoms with Crippen LogP contribution in [-0.4, -0.2) is 49.7 Å². The lowest BCUT2D eigenvalue weighted by atomic mass is 9.81. The molecule has 3 fully saturated rings. The zero-order valence-electron chi connectivity index (χ0n) is 23.3. The van der Waals surface area contributed by atoms with E-state index in [4.69, 9.17) is 9.72 Å². The molecule has 0 N–H and O–H groups in total. The van der Waals surface area contributed by atoms with Gasteiger partial charge in [-0.05, 0) is 54.7 Å². The molecular formula is C33H23Br2N3O7. The molecule has 0 spiro atoms. The predicted molar refractivity (Wildman–Crippen MR) is 171 cm³/mol. The van der Waals surface area contributed by atoms with E-state index in [9.17, 15) is 29.3 Å². The third-order valence-corrected chi connectivity index (χ3v) is 12.3. The number of para-hydroxylation sites is 1. The van der Waals surface area contributed by atoms with Crippen molar-refractivity contribution in [2.24, 2.45) is 23.7 Å². The number of amides is 2. The van der Waals surface area contributed by atoms with Gasteiger partial charge in [-0.3, -0.25) is 29.4 Å². The first-order chi connectivity index (χ1) is 21.6. The van der Waals surface area contributed by atoms with Crippen LogP contribution in [0.3, 0.4) is 0 Å². The number of carbonyl (C=O) groups excluding carboxylic acids is 4. The average Bonchev–Trinajstić information content (AvgIpc) is 3.67. The van der Waals surface area contributed by atoms with Gasteiger partial charge in [0.1, 0.15) is 0 Å². The number of nitro benzene ring substituents is 1. The maximum Gasteiger partial charge on any atom is 0.339 e. The molecule has 1 aliphatic heterocycles. The number of benzene rings is 3. The molecule has 0 radical (unpaired) electrons. The van der Waals surface area contributed by atoms with E-state index in [2.05, 4.69) is 31.9 Å². The van der Waals surface area contributed by atoms with Gasteiger partial charge in [0.2, 0.25) is 11.8 Å². The molecule has 6 atom stereocenters. The van der Waals surface area contributed by atoms with Gasteiger partial charge in [-0.15, -0.1) is 0 Å². The van der Waals surface area contributed by atoms with Gasteiger partial charge in [0, 0.05) is 38.3 Å². The first-order valence-corrected chi connectivity index (χ1v) is 16.1. The Balaban J connectivity index is 1.12. The van der Waals surface area contributed by atoms with E-state index >= 15 is 0 Å². The van der Waals surface area contributed by atoms with Crippen molar-refractivity contribution in [1.82, 2.24) is 4.98 Å². The third kappa shape index (κ3) is 4.87. The van der Waals surface area contributed by atoms with Crippen LogP contribution in [0.4, 0.5) is 11.4 Å². The molecule has 1 aromatic heterocycles. The van der Waals surface area contributed by atoms with Crippen molar-refractivity contribution in [3.8, 4) is 11.3 Å². The Bertz CT molecular complexity index is 1880. The highest BCUT2D eigenvalue weighted by Gasteiger charge is 2.66. The number of non-ortho nitro benzene ring substituents is 1. The first kappa shape index (κ1) is 29.4. The molecule has 12 heteroatoms. The van der Waals surface area contributed by atoms with Crippen LogP contribution in [-0.2, 0) is 14.3 Å². The molecule has 2 saturated carbocycles. The van der Waals surface area contributed by atoms with E-state index in [0.29, 0.717) is 27.8 Å². The summed E-state index contributed by atoms with van der Waals surface area (Å²) in [4.78, 5) is 69.4. The highest BCUT2D eigenvalue weighted by molar-refractivity contribution is 9.12. The Morgan fingerprint density at radius 2 is 1.53 bits per heavy atom. The molecule has 7 rings (SSSR count). The van der Waals surface area contributed by atoms with Gasteiger partial charge in [0.05, 0.1) is 39.2 Å². The van der Waals surface area contributed by atoms with Crippen molar-refractivity contribution in [1.29, 1.82) is 0 Å². The van der Waals surface area contributed by atoms with Crippen LogP contribution in [0.15, 0.2) is 78.9 Å². The lowest BCUT2D eigenvalue weighted by molar-refractivity contribution is -0.384. The van der Waals surface area contributed by atoms with E-state index in [0.717, 1.165) is 6.42 Å². The number of rotatable bonds is 7. The van der Waals surface area contributed by atoms with Crippen molar-refractivity contribution < 1.29 is 28.8 Å². The van der Waals surface area contributed by atoms with Gasteiger partial charge in [0.15, 0.2) is 12.4 Å². The minimum absolute atomic E-state index is 0.120. The number of pyridine rings is 1. The van der Waals surface area contributed by atoms with Crippen LogP contribution in [0, 0.1) is 33.8 Å². The van der Waals surface area contributed by atoms with Crippen molar-refractivity contribution in [2.45, 2.75) is 16.1 Å². The molecule has 2 amide bonds. The van der Waals surface area contributed by atoms with E-state index in [1.54, 1.807) is 54.6 Å². The van der Waals surface area contributed by atoms with Gasteiger partial charge in [-0.1, -0.05) is 62.2 Å². The second kappa shape index (κ2) is 11.3. The SMILES string of the molecule is O=C(COC(=O)c1cc(-c2ccc(N3C(=O)C4C5CC(C(Br)C5Br)C4C3=O)cc2)nc2ccccc12)c1ccc([N+](=O)[O-])cc1. The molecule has 3 aromatic carbocycles. The van der Waals surface area contributed by atoms with Gasteiger partial charge < -0.3 is 4.74 Å². The number of alkyl halides is 2. The summed E-state index contributed by atoms with van der Waals surface area (Å²) in [7, 11) is 0. The number of ketones is 1. The third-order valence-electron chi connectivity index (χ3n) is 9.08. The number of hydrogen-bond donors (Lipinski definition) is 0. The number of hydrogen-bond acceptors (Lipinski definition) is 8. The Kier molecular flexibility index (Phi) is 7.36. The van der Waals surface area contributed by atoms with Crippen LogP contribution in [0.5, 0.6) is 0 Å². The number of imide groups is 1. The molecule has 3 aliphatic rings. The number of nitro groups is 1. The Labute approximate surface area is 273 Å². The summed E-state index contributed by atoms with van der Waals surface area (Å²) >= 11 is 7.43. The van der Waals surface area contributed by atoms with Crippen LogP contribution in [0.25, 0.3) is 22.2 Å². The summed E-state index contributed by atoms with van der Waals surface area (Å²) < 4.78 is 5.37. The minimum atomic E-state index is -0.730. The molecule has 226 valence electrons. The number of anilines is 1. The number of esters is 1. The normalized spacial score (nSPS) is 25.1. The zero-order valence-corrected chi connectivity index (χ0v) is 26.5. The second-order valence-electron chi connectivity index (χ2n) is 11.4. The lowest BCUT2D eigenvalue weighted by Crippen LogP contribution is -2.37. The standard InChI is InChI=1S/C33H23Br2N3O7/c34-29-22-13-23(30(29)35)28-27(22)31(40)37(32(28)41)18-9-5-16(6-10-18)25-14-21(20-3-1-2-4-24(20)36-25)33(42)45-15-26(39)17-7-11-19(12-8-17)38(43)44/h1-12,14,22-23,27-30H,13,15H2. The lowest BCUT2D eigenvalue weighted by Gasteiger charge is -2.28. The number of fused-ring (bicyclic) bond motifs is 6. The van der Waals surface area contributed by atoms with E-state index in [1.807, 2.05) is 0 Å². The summed E-state index contributed by atoms with van der Waals surface area (Å²) in [6.45, 7) is -0.551. The van der Waals surface area contributed by atoms with Gasteiger partial charge in [-0.25, -0.2) is 9.78 Å². The molecule has 1 saturated heterocycles. The first-order valence-electron chi connectivity index (χ1n) is 14.2. The molecule has 2 heterocycles. The summed E-state index contributed by atoms with van der Waals surface area (Å²) in [5.41, 5.74) is 2.38. The average molecular weight is 733 g/mol. The van der Waals surface area contributed by atoms with Gasteiger partial charge in [-0.2, -0.15) is 0 Å². The van der Waals surface area contributed by atoms with Crippen LogP contribution in [0.1, 0.15) is 27.1 Å². The fraction of sp³-hybridized carbons (Fsp3) is 0.242. The molecule has 2 bridgehead atoms. The fourth-order valence-corrected chi connectivity index (χ4v) is 8.81. The number of aromatic nitrogens is 1. The maximum absolute atomic E-state index is 13.5. The number of halogens is 2. The van der Waals surface area contributed by atoms with Crippen LogP contribution in [0.2, 0.25) is 0 Å². The largest absolute Gasteiger partial charge is 0.454 e. The summed E-state index contributed by atoms with van der Waals surface area (Å²) in [6, 6.07) is 20.6. The number of ether oxygens (including phenoxy) is 1. The smallest absolute Gasteiger partial charge is 0.339 e. The van der Waals surface area contributed by atoms with Crippen LogP contribution < -0.4 is 4.90 Å². The maximum atomic E-state index is 13.5. The van der Waals surface area contributed by atoms with Crippen LogP contribution >= 0.6 is 31.9 Å². The summed E-state index contributed by atoms with van der Waals surface area (Å²) in [5, 5.41) is 11.4. The van der Waals surface area contributed by atoms with Crippen molar-refractivity contribution >= 4 is 77.7 Å². The fourth-order valence-electron chi connectivity index (χ4n) is 6.94. The molecule has 4 aromatic rings. The highest BCUT2D eigenvalue weighted by Crippen LogP contribution is 2.60. The summed E-state index contributed by atoms with van der Waals surface area (Å²) in [5.74, 6) is -1.95. The second-order valence-corrected chi connectivity index (χ2v) is 13.6. The summed E-state index contributed by atoms with van der Waals surface area (Å²) in [6.07, 6.45) is 0.856. The van der Waals surface area contributed by atoms with Crippen molar-refractivity contribution in [2.75, 3.05) is 11.5 Å². The predicted octanol–water partition coefficient (Wildman–Crippen LogP) is 6.13. The molecule has 10 nitrogen and oxygen atoms in total. The Morgan fingerprint density at radius 3 is 2.16 bits per heavy atom. The monoisotopic (exact) mass is 731 g/mol. The van der Waals surface area contributed by atoms with Crippen molar-refractivity contribution in [3.05, 3.63) is 100 Å². The molecular weight excluding hydrogens is 710 g/mol. The van der Waals surface area contributed by atoms with E-state index in [1.165, 1.54) is 29.2 Å². The number of carbonyl (C=O) groups is 4. The minimum Gasteiger partial charge on any atom is -0.454 e. The van der Waals surface area contributed by atoms with E-state index < -0.39 is 23.3 Å². The Hall–Kier alpha value is -4.29. The molecule has 45 heavy (non-hydrogen) atoms. The zero-order chi connectivity index (χ0) is 31.6.